The lowest BCUT2D eigenvalue weighted by atomic mass is 9.92. The Bertz CT molecular complexity index is 587. The molecule has 5 nitrogen and oxygen atoms in total. The van der Waals surface area contributed by atoms with Gasteiger partial charge in [0.15, 0.2) is 11.5 Å². The van der Waals surface area contributed by atoms with Gasteiger partial charge in [-0.15, -0.1) is 0 Å². The number of nitrogens with one attached hydrogen (secondary N) is 1. The first-order chi connectivity index (χ1) is 8.42. The van der Waals surface area contributed by atoms with E-state index in [-0.39, 0.29) is 5.91 Å². The molecule has 2 aromatic rings. The Morgan fingerprint density at radius 1 is 1.50 bits per heavy atom. The number of aryl methyl sites for hydroxylation is 1. The van der Waals surface area contributed by atoms with Gasteiger partial charge in [-0.25, -0.2) is 4.98 Å². The van der Waals surface area contributed by atoms with Crippen molar-refractivity contribution >= 4 is 22.7 Å². The van der Waals surface area contributed by atoms with E-state index in [0.29, 0.717) is 23.7 Å². The third-order valence-electron chi connectivity index (χ3n) is 2.88. The summed E-state index contributed by atoms with van der Waals surface area (Å²) in [5, 5.41) is 2.83. The van der Waals surface area contributed by atoms with Crippen LogP contribution >= 0.6 is 0 Å². The third-order valence-corrected chi connectivity index (χ3v) is 2.88. The van der Waals surface area contributed by atoms with Crippen molar-refractivity contribution in [3.05, 3.63) is 24.1 Å². The van der Waals surface area contributed by atoms with Gasteiger partial charge < -0.3 is 15.5 Å². The average Bonchev–Trinajstić information content (AvgIpc) is 2.68. The molecule has 0 bridgehead atoms. The van der Waals surface area contributed by atoms with E-state index in [1.54, 1.807) is 32.9 Å². The van der Waals surface area contributed by atoms with E-state index in [1.807, 2.05) is 6.07 Å². The minimum absolute atomic E-state index is 0.111. The van der Waals surface area contributed by atoms with Gasteiger partial charge in [0.2, 0.25) is 5.91 Å². The maximum atomic E-state index is 12.0. The Morgan fingerprint density at radius 3 is 2.89 bits per heavy atom. The molecule has 1 amide bonds. The zero-order valence-corrected chi connectivity index (χ0v) is 10.8. The zero-order chi connectivity index (χ0) is 13.3. The second-order valence-corrected chi connectivity index (χ2v) is 4.96. The number of carbonyl (C=O) groups is 1. The predicted molar refractivity (Wildman–Crippen MR) is 70.2 cm³/mol. The van der Waals surface area contributed by atoms with Crippen LogP contribution in [0.1, 0.15) is 19.7 Å². The molecule has 0 saturated heterocycles. The standard InChI is InChI=1S/C13H17N3O2/c1-8-15-10-5-4-9(6-11(10)18-8)16-12(17)13(2,3)7-14/h4-6H,7,14H2,1-3H3,(H,16,17). The van der Waals surface area contributed by atoms with Gasteiger partial charge in [0, 0.05) is 25.2 Å². The molecule has 0 unspecified atom stereocenters. The van der Waals surface area contributed by atoms with Crippen LogP contribution in [0.4, 0.5) is 5.69 Å². The van der Waals surface area contributed by atoms with Crippen LogP contribution in [0.25, 0.3) is 11.1 Å². The smallest absolute Gasteiger partial charge is 0.231 e. The number of rotatable bonds is 3. The minimum atomic E-state index is -0.591. The van der Waals surface area contributed by atoms with E-state index in [1.165, 1.54) is 0 Å². The fourth-order valence-corrected chi connectivity index (χ4v) is 1.51. The average molecular weight is 247 g/mol. The Kier molecular flexibility index (Phi) is 3.09. The Labute approximate surface area is 105 Å². The number of hydrogen-bond donors (Lipinski definition) is 2. The van der Waals surface area contributed by atoms with Crippen molar-refractivity contribution < 1.29 is 9.21 Å². The van der Waals surface area contributed by atoms with E-state index in [4.69, 9.17) is 10.2 Å². The molecule has 0 radical (unpaired) electrons. The van der Waals surface area contributed by atoms with Crippen LogP contribution < -0.4 is 11.1 Å². The van der Waals surface area contributed by atoms with Gasteiger partial charge in [0.25, 0.3) is 0 Å². The van der Waals surface area contributed by atoms with Crippen molar-refractivity contribution in [3.8, 4) is 0 Å². The molecule has 0 aliphatic carbocycles. The van der Waals surface area contributed by atoms with Gasteiger partial charge in [-0.2, -0.15) is 0 Å². The van der Waals surface area contributed by atoms with Crippen LogP contribution in [-0.2, 0) is 4.79 Å². The van der Waals surface area contributed by atoms with E-state index < -0.39 is 5.41 Å². The van der Waals surface area contributed by atoms with Crippen LogP contribution in [0.15, 0.2) is 22.6 Å². The number of nitrogens with zero attached hydrogens (tertiary/aromatic N) is 1. The summed E-state index contributed by atoms with van der Waals surface area (Å²) in [6.45, 7) is 5.69. The Balaban J connectivity index is 2.24. The van der Waals surface area contributed by atoms with Crippen LogP contribution in [0, 0.1) is 12.3 Å². The number of amides is 1. The summed E-state index contributed by atoms with van der Waals surface area (Å²) in [5.74, 6) is 0.497. The lowest BCUT2D eigenvalue weighted by molar-refractivity contribution is -0.123. The molecule has 0 aliphatic heterocycles. The second-order valence-electron chi connectivity index (χ2n) is 4.96. The lowest BCUT2D eigenvalue weighted by Gasteiger charge is -2.21. The molecule has 0 saturated carbocycles. The molecule has 0 spiro atoms. The van der Waals surface area contributed by atoms with Gasteiger partial charge >= 0.3 is 0 Å². The summed E-state index contributed by atoms with van der Waals surface area (Å²) in [6, 6.07) is 5.38. The number of anilines is 1. The topological polar surface area (TPSA) is 81.2 Å². The summed E-state index contributed by atoms with van der Waals surface area (Å²) in [7, 11) is 0. The highest BCUT2D eigenvalue weighted by atomic mass is 16.3. The van der Waals surface area contributed by atoms with Gasteiger partial charge in [0.05, 0.1) is 5.41 Å². The molecule has 1 aromatic heterocycles. The molecule has 0 aliphatic rings. The molecule has 5 heteroatoms. The second kappa shape index (κ2) is 4.42. The summed E-state index contributed by atoms with van der Waals surface area (Å²) < 4.78 is 5.41. The van der Waals surface area contributed by atoms with Gasteiger partial charge in [-0.1, -0.05) is 0 Å². The van der Waals surface area contributed by atoms with E-state index in [9.17, 15) is 4.79 Å². The number of oxazole rings is 1. The Hall–Kier alpha value is -1.88. The van der Waals surface area contributed by atoms with Gasteiger partial charge in [-0.05, 0) is 26.0 Å². The molecule has 0 fully saturated rings. The van der Waals surface area contributed by atoms with Crippen LogP contribution in [0.2, 0.25) is 0 Å². The highest BCUT2D eigenvalue weighted by molar-refractivity contribution is 5.96. The summed E-state index contributed by atoms with van der Waals surface area (Å²) in [5.41, 5.74) is 7.10. The SMILES string of the molecule is Cc1nc2ccc(NC(=O)C(C)(C)CN)cc2o1. The van der Waals surface area contributed by atoms with Crippen molar-refractivity contribution in [1.82, 2.24) is 4.98 Å². The molecular formula is C13H17N3O2. The van der Waals surface area contributed by atoms with Crippen molar-refractivity contribution in [3.63, 3.8) is 0 Å². The minimum Gasteiger partial charge on any atom is -0.441 e. The Morgan fingerprint density at radius 2 is 2.22 bits per heavy atom. The predicted octanol–water partition coefficient (Wildman–Crippen LogP) is 2.06. The number of benzene rings is 1. The molecule has 18 heavy (non-hydrogen) atoms. The molecular weight excluding hydrogens is 230 g/mol. The lowest BCUT2D eigenvalue weighted by Crippen LogP contribution is -2.37. The summed E-state index contributed by atoms with van der Waals surface area (Å²) in [4.78, 5) is 16.2. The first-order valence-corrected chi connectivity index (χ1v) is 5.81. The fourth-order valence-electron chi connectivity index (χ4n) is 1.51. The maximum Gasteiger partial charge on any atom is 0.231 e. The summed E-state index contributed by atoms with van der Waals surface area (Å²) in [6.07, 6.45) is 0. The molecule has 1 aromatic carbocycles. The molecule has 96 valence electrons. The van der Waals surface area contributed by atoms with Crippen molar-refractivity contribution in [2.24, 2.45) is 11.1 Å². The number of aromatic nitrogens is 1. The maximum absolute atomic E-state index is 12.0. The molecule has 3 N–H and O–H groups in total. The monoisotopic (exact) mass is 247 g/mol. The van der Waals surface area contributed by atoms with Crippen molar-refractivity contribution in [1.29, 1.82) is 0 Å². The largest absolute Gasteiger partial charge is 0.441 e. The van der Waals surface area contributed by atoms with Crippen molar-refractivity contribution in [2.75, 3.05) is 11.9 Å². The number of fused-ring (bicyclic) bond motifs is 1. The van der Waals surface area contributed by atoms with E-state index >= 15 is 0 Å². The fraction of sp³-hybridized carbons (Fsp3) is 0.385. The molecule has 1 heterocycles. The summed E-state index contributed by atoms with van der Waals surface area (Å²) >= 11 is 0. The van der Waals surface area contributed by atoms with Gasteiger partial charge in [0.1, 0.15) is 5.52 Å². The van der Waals surface area contributed by atoms with Crippen LogP contribution in [0.5, 0.6) is 0 Å². The third kappa shape index (κ3) is 2.36. The number of nitrogens with two attached hydrogens (primary N) is 1. The highest BCUT2D eigenvalue weighted by Gasteiger charge is 2.25. The number of hydrogen-bond acceptors (Lipinski definition) is 4. The van der Waals surface area contributed by atoms with Crippen LogP contribution in [0.3, 0.4) is 0 Å². The zero-order valence-electron chi connectivity index (χ0n) is 10.8. The molecule has 0 atom stereocenters. The van der Waals surface area contributed by atoms with Crippen molar-refractivity contribution in [2.45, 2.75) is 20.8 Å². The molecule has 2 rings (SSSR count). The number of carbonyl (C=O) groups excluding carboxylic acids is 1. The highest BCUT2D eigenvalue weighted by Crippen LogP contribution is 2.22. The van der Waals surface area contributed by atoms with Crippen LogP contribution in [-0.4, -0.2) is 17.4 Å². The first kappa shape index (κ1) is 12.6. The van der Waals surface area contributed by atoms with E-state index in [2.05, 4.69) is 10.3 Å². The first-order valence-electron chi connectivity index (χ1n) is 5.81. The normalized spacial score (nSPS) is 11.8. The van der Waals surface area contributed by atoms with Gasteiger partial charge in [-0.3, -0.25) is 4.79 Å². The van der Waals surface area contributed by atoms with E-state index in [0.717, 1.165) is 5.52 Å². The quantitative estimate of drug-likeness (QED) is 0.869.